The zero-order chi connectivity index (χ0) is 27.5. The van der Waals surface area contributed by atoms with Crippen molar-refractivity contribution in [2.75, 3.05) is 26.2 Å². The fourth-order valence-electron chi connectivity index (χ4n) is 4.44. The molecular weight excluding hydrogens is 557 g/mol. The predicted molar refractivity (Wildman–Crippen MR) is 155 cm³/mol. The Morgan fingerprint density at radius 3 is 2.31 bits per heavy atom. The minimum atomic E-state index is -0.441. The molecule has 207 valence electrons. The van der Waals surface area contributed by atoms with E-state index in [1.165, 1.54) is 35.8 Å². The number of ether oxygens (including phenoxy) is 1. The molecule has 1 radical (unpaired) electrons. The first-order valence-electron chi connectivity index (χ1n) is 11.9. The van der Waals surface area contributed by atoms with Crippen LogP contribution in [0.4, 0.5) is 5.69 Å². The Morgan fingerprint density at radius 1 is 1.03 bits per heavy atom. The van der Waals surface area contributed by atoms with Crippen LogP contribution in [-0.4, -0.2) is 38.5 Å². The van der Waals surface area contributed by atoms with Gasteiger partial charge in [-0.3, -0.25) is 5.41 Å². The SMILES string of the molecule is COOSc1ccc(C(=N)O)cc1.COc1ccc2c(c1)C(C)(Cc1ccccc1)/C(=C/C=C/C=N)N2C.[Co]. The van der Waals surface area contributed by atoms with Gasteiger partial charge in [-0.25, -0.2) is 4.89 Å². The first-order chi connectivity index (χ1) is 18.3. The number of nitrogens with one attached hydrogen (secondary N) is 2. The van der Waals surface area contributed by atoms with E-state index in [2.05, 4.69) is 70.6 Å². The van der Waals surface area contributed by atoms with Gasteiger partial charge in [-0.15, -0.1) is 0 Å². The number of methoxy groups -OCH3 is 1. The molecule has 39 heavy (non-hydrogen) atoms. The van der Waals surface area contributed by atoms with Crippen molar-refractivity contribution < 1.29 is 35.8 Å². The molecule has 3 aromatic carbocycles. The first-order valence-corrected chi connectivity index (χ1v) is 12.7. The van der Waals surface area contributed by atoms with Crippen molar-refractivity contribution >= 4 is 29.8 Å². The largest absolute Gasteiger partial charge is 0.497 e. The molecule has 4 rings (SSSR count). The standard InChI is InChI=1S/C22H24N2O.C8H9NO3S.Co/c1-22(16-17-9-5-4-6-10-17)19-15-18(25-3)12-13-20(19)24(2)21(22)11-7-8-14-23;1-11-12-13-7-4-2-6(3-5-7)8(9)10;/h4-15,23H,16H2,1-3H3;2-5H,1H3,(H2,9,10);/b8-7+,21-11-,23-14?;;. The number of allylic oxidation sites excluding steroid dienone is 4. The molecule has 0 bridgehead atoms. The molecule has 3 N–H and O–H groups in total. The van der Waals surface area contributed by atoms with Gasteiger partial charge in [0.25, 0.3) is 0 Å². The maximum absolute atomic E-state index is 8.81. The Balaban J connectivity index is 0.000000324. The van der Waals surface area contributed by atoms with E-state index in [-0.39, 0.29) is 22.2 Å². The van der Waals surface area contributed by atoms with Crippen molar-refractivity contribution in [3.63, 3.8) is 0 Å². The summed E-state index contributed by atoms with van der Waals surface area (Å²) >= 11 is 1.07. The van der Waals surface area contributed by atoms with E-state index in [1.807, 2.05) is 18.2 Å². The summed E-state index contributed by atoms with van der Waals surface area (Å²) in [7, 11) is 5.23. The summed E-state index contributed by atoms with van der Waals surface area (Å²) in [6.45, 7) is 2.28. The quantitative estimate of drug-likeness (QED) is 0.0826. The second-order valence-corrected chi connectivity index (χ2v) is 9.51. The van der Waals surface area contributed by atoms with Crippen molar-refractivity contribution in [1.29, 1.82) is 10.8 Å². The number of likely N-dealkylation sites (N-methyl/N-ethyl adjacent to an activating group) is 1. The topological polar surface area (TPSA) is 98.9 Å². The Kier molecular flexibility index (Phi) is 12.5. The third-order valence-corrected chi connectivity index (χ3v) is 6.94. The van der Waals surface area contributed by atoms with Crippen LogP contribution in [0, 0.1) is 10.8 Å². The van der Waals surface area contributed by atoms with Gasteiger partial charge in [0.05, 0.1) is 26.3 Å². The van der Waals surface area contributed by atoms with Gasteiger partial charge in [-0.2, -0.15) is 4.33 Å². The van der Waals surface area contributed by atoms with E-state index in [9.17, 15) is 0 Å². The van der Waals surface area contributed by atoms with Crippen LogP contribution >= 0.6 is 12.0 Å². The van der Waals surface area contributed by atoms with E-state index in [4.69, 9.17) is 20.7 Å². The number of nitrogens with zero attached hydrogens (tertiary/aromatic N) is 1. The minimum Gasteiger partial charge on any atom is -0.497 e. The van der Waals surface area contributed by atoms with E-state index < -0.39 is 5.90 Å². The third kappa shape index (κ3) is 8.07. The number of anilines is 1. The van der Waals surface area contributed by atoms with Gasteiger partial charge < -0.3 is 20.2 Å². The summed E-state index contributed by atoms with van der Waals surface area (Å²) in [5.41, 5.74) is 5.31. The molecule has 3 aromatic rings. The van der Waals surface area contributed by atoms with Gasteiger partial charge >= 0.3 is 0 Å². The van der Waals surface area contributed by atoms with Crippen LogP contribution in [-0.2, 0) is 37.8 Å². The second kappa shape index (κ2) is 15.3. The molecule has 7 nitrogen and oxygen atoms in total. The maximum atomic E-state index is 8.81. The minimum absolute atomic E-state index is 0. The normalized spacial score (nSPS) is 16.7. The van der Waals surface area contributed by atoms with E-state index in [1.54, 1.807) is 37.5 Å². The van der Waals surface area contributed by atoms with Crippen LogP contribution in [0.15, 0.2) is 102 Å². The smallest absolute Gasteiger partial charge is 0.210 e. The van der Waals surface area contributed by atoms with Crippen molar-refractivity contribution in [2.45, 2.75) is 23.7 Å². The van der Waals surface area contributed by atoms with Gasteiger partial charge in [0, 0.05) is 57.3 Å². The number of fused-ring (bicyclic) bond motifs is 1. The Morgan fingerprint density at radius 2 is 1.72 bits per heavy atom. The molecule has 0 fully saturated rings. The number of aliphatic hydroxyl groups excluding tert-OH is 1. The third-order valence-electron chi connectivity index (χ3n) is 6.27. The van der Waals surface area contributed by atoms with Gasteiger partial charge in [0.1, 0.15) is 5.75 Å². The van der Waals surface area contributed by atoms with Gasteiger partial charge in [0.15, 0.2) is 0 Å². The summed E-state index contributed by atoms with van der Waals surface area (Å²) < 4.78 is 10.1. The van der Waals surface area contributed by atoms with Crippen molar-refractivity contribution in [1.82, 2.24) is 0 Å². The molecule has 0 saturated heterocycles. The van der Waals surface area contributed by atoms with Gasteiger partial charge in [-0.05, 0) is 79.1 Å². The molecule has 1 unspecified atom stereocenters. The molecule has 9 heteroatoms. The summed E-state index contributed by atoms with van der Waals surface area (Å²) in [6.07, 6.45) is 8.00. The predicted octanol–water partition coefficient (Wildman–Crippen LogP) is 6.89. The molecule has 0 spiro atoms. The molecule has 0 amide bonds. The molecule has 0 saturated carbocycles. The van der Waals surface area contributed by atoms with Gasteiger partial charge in [-0.1, -0.05) is 36.4 Å². The number of benzene rings is 3. The van der Waals surface area contributed by atoms with Crippen molar-refractivity contribution in [3.05, 3.63) is 113 Å². The molecule has 1 atom stereocenters. The van der Waals surface area contributed by atoms with Crippen LogP contribution in [0.5, 0.6) is 5.75 Å². The zero-order valence-electron chi connectivity index (χ0n) is 22.3. The number of hydrogen-bond donors (Lipinski definition) is 3. The van der Waals surface area contributed by atoms with Gasteiger partial charge in [0.2, 0.25) is 5.90 Å². The number of aliphatic hydroxyl groups is 1. The molecule has 1 aliphatic heterocycles. The summed E-state index contributed by atoms with van der Waals surface area (Å²) in [6, 6.07) is 23.6. The molecular formula is C30H33CoN3O4S. The maximum Gasteiger partial charge on any atom is 0.210 e. The molecule has 0 aromatic heterocycles. The molecule has 1 heterocycles. The molecule has 0 aliphatic carbocycles. The fourth-order valence-corrected chi connectivity index (χ4v) is 4.84. The summed E-state index contributed by atoms with van der Waals surface area (Å²) in [5, 5.41) is 23.0. The van der Waals surface area contributed by atoms with Crippen molar-refractivity contribution in [2.24, 2.45) is 0 Å². The second-order valence-electron chi connectivity index (χ2n) is 8.73. The van der Waals surface area contributed by atoms with Crippen LogP contribution in [0.2, 0.25) is 0 Å². The van der Waals surface area contributed by atoms with Crippen LogP contribution in [0.1, 0.15) is 23.6 Å². The van der Waals surface area contributed by atoms with Crippen LogP contribution in [0.25, 0.3) is 0 Å². The fraction of sp³-hybridized carbons (Fsp3) is 0.200. The average Bonchev–Trinajstić information content (AvgIpc) is 3.14. The van der Waals surface area contributed by atoms with E-state index in [0.29, 0.717) is 5.56 Å². The number of hydrogen-bond acceptors (Lipinski definition) is 7. The average molecular weight is 591 g/mol. The zero-order valence-corrected chi connectivity index (χ0v) is 24.2. The summed E-state index contributed by atoms with van der Waals surface area (Å²) in [4.78, 5) is 7.48. The van der Waals surface area contributed by atoms with Crippen molar-refractivity contribution in [3.8, 4) is 5.75 Å². The summed E-state index contributed by atoms with van der Waals surface area (Å²) in [5.74, 6) is 0.437. The Labute approximate surface area is 244 Å². The Hall–Kier alpha value is -3.34. The van der Waals surface area contributed by atoms with E-state index >= 15 is 0 Å². The monoisotopic (exact) mass is 590 g/mol. The first kappa shape index (κ1) is 31.9. The Bertz CT molecular complexity index is 1300. The number of rotatable bonds is 9. The molecule has 1 aliphatic rings. The van der Waals surface area contributed by atoms with E-state index in [0.717, 1.165) is 29.1 Å². The van der Waals surface area contributed by atoms with Crippen LogP contribution < -0.4 is 9.64 Å². The van der Waals surface area contributed by atoms with Crippen LogP contribution in [0.3, 0.4) is 0 Å².